The van der Waals surface area contributed by atoms with E-state index in [0.717, 1.165) is 39.8 Å². The Morgan fingerprint density at radius 2 is 1.76 bits per heavy atom. The fourth-order valence-electron chi connectivity index (χ4n) is 5.84. The van der Waals surface area contributed by atoms with Gasteiger partial charge in [-0.1, -0.05) is 25.1 Å². The van der Waals surface area contributed by atoms with Crippen LogP contribution in [0.15, 0.2) is 67.1 Å². The summed E-state index contributed by atoms with van der Waals surface area (Å²) >= 11 is 0. The van der Waals surface area contributed by atoms with Crippen LogP contribution in [0.2, 0.25) is 0 Å². The van der Waals surface area contributed by atoms with Crippen LogP contribution in [0.3, 0.4) is 0 Å². The molecule has 0 bridgehead atoms. The number of aryl methyl sites for hydroxylation is 1. The van der Waals surface area contributed by atoms with Gasteiger partial charge < -0.3 is 9.47 Å². The molecule has 0 unspecified atom stereocenters. The van der Waals surface area contributed by atoms with Gasteiger partial charge >= 0.3 is 0 Å². The van der Waals surface area contributed by atoms with E-state index in [1.165, 1.54) is 49.8 Å². The van der Waals surface area contributed by atoms with Crippen LogP contribution in [0.1, 0.15) is 31.7 Å². The fraction of sp³-hybridized carbons (Fsp3) is 0.323. The highest BCUT2D eigenvalue weighted by molar-refractivity contribution is 6.02. The van der Waals surface area contributed by atoms with Gasteiger partial charge in [0.2, 0.25) is 0 Å². The van der Waals surface area contributed by atoms with Gasteiger partial charge in [0.1, 0.15) is 0 Å². The van der Waals surface area contributed by atoms with Gasteiger partial charge in [0.25, 0.3) is 0 Å². The Morgan fingerprint density at radius 3 is 2.51 bits per heavy atom. The van der Waals surface area contributed by atoms with Crippen molar-refractivity contribution in [2.24, 2.45) is 13.0 Å². The third-order valence-electron chi connectivity index (χ3n) is 7.85. The summed E-state index contributed by atoms with van der Waals surface area (Å²) in [4.78, 5) is 7.65. The Kier molecular flexibility index (Phi) is 6.23. The molecule has 1 aliphatic heterocycles. The first-order valence-corrected chi connectivity index (χ1v) is 13.3. The maximum absolute atomic E-state index is 9.33. The maximum Gasteiger partial charge on any atom is 0.0991 e. The monoisotopic (exact) mass is 488 g/mol. The molecule has 5 aromatic rings. The normalized spacial score (nSPS) is 14.9. The molecule has 37 heavy (non-hydrogen) atoms. The highest BCUT2D eigenvalue weighted by Crippen LogP contribution is 2.38. The zero-order valence-electron chi connectivity index (χ0n) is 21.6. The Bertz CT molecular complexity index is 1590. The van der Waals surface area contributed by atoms with E-state index in [1.807, 2.05) is 48.4 Å². The van der Waals surface area contributed by atoms with Crippen LogP contribution in [0.25, 0.3) is 44.2 Å². The first-order valence-electron chi connectivity index (χ1n) is 13.3. The molecule has 186 valence electrons. The van der Waals surface area contributed by atoms with E-state index >= 15 is 0 Å². The first kappa shape index (κ1) is 23.4. The lowest BCUT2D eigenvalue weighted by Gasteiger charge is -2.32. The van der Waals surface area contributed by atoms with Crippen LogP contribution < -0.4 is 0 Å². The number of piperidine rings is 1. The third kappa shape index (κ3) is 4.41. The zero-order valence-corrected chi connectivity index (χ0v) is 21.6. The average Bonchev–Trinajstić information content (AvgIpc) is 3.52. The van der Waals surface area contributed by atoms with Crippen molar-refractivity contribution < 1.29 is 0 Å². The minimum Gasteiger partial charge on any atom is -0.346 e. The van der Waals surface area contributed by atoms with Crippen molar-refractivity contribution in [1.29, 1.82) is 5.26 Å². The van der Waals surface area contributed by atoms with Crippen molar-refractivity contribution in [3.05, 3.63) is 72.7 Å². The van der Waals surface area contributed by atoms with Gasteiger partial charge in [-0.25, -0.2) is 0 Å². The van der Waals surface area contributed by atoms with Crippen molar-refractivity contribution in [2.45, 2.75) is 32.7 Å². The first-order chi connectivity index (χ1) is 18.1. The lowest BCUT2D eigenvalue weighted by atomic mass is 9.95. The van der Waals surface area contributed by atoms with E-state index in [4.69, 9.17) is 4.98 Å². The maximum atomic E-state index is 9.33. The third-order valence-corrected chi connectivity index (χ3v) is 7.85. The van der Waals surface area contributed by atoms with Crippen molar-refractivity contribution >= 4 is 21.8 Å². The number of benzene rings is 2. The number of nitrogens with zero attached hydrogens (tertiary/aromatic N) is 6. The smallest absolute Gasteiger partial charge is 0.0991 e. The standard InChI is InChI=1S/C31H32N6/c1-3-13-36-14-10-23(11-15-36)21-37-16-12-27-29(37)20-33-31(30(27)24-6-4-22(18-32)5-7-24)25-8-9-28-26(17-25)19-34-35(28)2/h4-9,12,16-17,19-20,23H,3,10-11,13-15,21H2,1-2H3. The number of nitriles is 1. The number of pyridine rings is 1. The van der Waals surface area contributed by atoms with Crippen LogP contribution in [0, 0.1) is 17.2 Å². The lowest BCUT2D eigenvalue weighted by Crippen LogP contribution is -2.35. The van der Waals surface area contributed by atoms with Crippen LogP contribution >= 0.6 is 0 Å². The van der Waals surface area contributed by atoms with Crippen molar-refractivity contribution in [3.8, 4) is 28.5 Å². The number of fused-ring (bicyclic) bond motifs is 2. The van der Waals surface area contributed by atoms with Gasteiger partial charge in [0, 0.05) is 41.7 Å². The molecule has 2 aromatic carbocycles. The highest BCUT2D eigenvalue weighted by Gasteiger charge is 2.21. The summed E-state index contributed by atoms with van der Waals surface area (Å²) in [7, 11) is 1.96. The Hall–Kier alpha value is -3.95. The molecule has 0 amide bonds. The Labute approximate surface area is 217 Å². The van der Waals surface area contributed by atoms with Gasteiger partial charge in [0.05, 0.1) is 40.8 Å². The molecule has 0 radical (unpaired) electrons. The summed E-state index contributed by atoms with van der Waals surface area (Å²) in [5.74, 6) is 0.690. The van der Waals surface area contributed by atoms with Gasteiger partial charge in [-0.15, -0.1) is 0 Å². The minimum absolute atomic E-state index is 0.661. The largest absolute Gasteiger partial charge is 0.346 e. The van der Waals surface area contributed by atoms with Crippen molar-refractivity contribution in [2.75, 3.05) is 19.6 Å². The van der Waals surface area contributed by atoms with E-state index in [-0.39, 0.29) is 0 Å². The lowest BCUT2D eigenvalue weighted by molar-refractivity contribution is 0.175. The van der Waals surface area contributed by atoms with Gasteiger partial charge in [-0.3, -0.25) is 9.67 Å². The van der Waals surface area contributed by atoms with Crippen LogP contribution in [0.5, 0.6) is 0 Å². The molecule has 6 nitrogen and oxygen atoms in total. The molecule has 4 heterocycles. The molecule has 0 spiro atoms. The predicted octanol–water partition coefficient (Wildman–Crippen LogP) is 6.25. The van der Waals surface area contributed by atoms with E-state index in [1.54, 1.807) is 0 Å². The van der Waals surface area contributed by atoms with E-state index in [2.05, 4.69) is 58.0 Å². The minimum atomic E-state index is 0.661. The van der Waals surface area contributed by atoms with E-state index in [0.29, 0.717) is 11.5 Å². The number of rotatable bonds is 6. The van der Waals surface area contributed by atoms with E-state index in [9.17, 15) is 5.26 Å². The summed E-state index contributed by atoms with van der Waals surface area (Å²) in [6.45, 7) is 6.91. The molecule has 3 aromatic heterocycles. The van der Waals surface area contributed by atoms with Crippen LogP contribution in [-0.4, -0.2) is 43.9 Å². The number of aromatic nitrogens is 4. The molecule has 1 aliphatic rings. The van der Waals surface area contributed by atoms with Crippen molar-refractivity contribution in [3.63, 3.8) is 0 Å². The van der Waals surface area contributed by atoms with Crippen LogP contribution in [0.4, 0.5) is 0 Å². The molecule has 6 heteroatoms. The van der Waals surface area contributed by atoms with Gasteiger partial charge in [-0.2, -0.15) is 10.4 Å². The fourth-order valence-corrected chi connectivity index (χ4v) is 5.84. The molecular formula is C31H32N6. The second-order valence-corrected chi connectivity index (χ2v) is 10.3. The van der Waals surface area contributed by atoms with E-state index < -0.39 is 0 Å². The quantitative estimate of drug-likeness (QED) is 0.283. The molecule has 0 atom stereocenters. The SMILES string of the molecule is CCCN1CCC(Cn2ccc3c(-c4ccc(C#N)cc4)c(-c4ccc5c(cnn5C)c4)ncc32)CC1. The summed E-state index contributed by atoms with van der Waals surface area (Å²) in [5.41, 5.74) is 7.13. The van der Waals surface area contributed by atoms with Crippen molar-refractivity contribution in [1.82, 2.24) is 24.2 Å². The number of hydrogen-bond acceptors (Lipinski definition) is 4. The Morgan fingerprint density at radius 1 is 0.973 bits per heavy atom. The van der Waals surface area contributed by atoms with Gasteiger partial charge in [0.15, 0.2) is 0 Å². The Balaban J connectivity index is 1.42. The molecule has 6 rings (SSSR count). The highest BCUT2D eigenvalue weighted by atomic mass is 15.2. The number of likely N-dealkylation sites (tertiary alicyclic amines) is 1. The zero-order chi connectivity index (χ0) is 25.4. The molecule has 1 fully saturated rings. The molecule has 0 aliphatic carbocycles. The topological polar surface area (TPSA) is 62.7 Å². The summed E-state index contributed by atoms with van der Waals surface area (Å²) in [6, 6.07) is 18.8. The summed E-state index contributed by atoms with van der Waals surface area (Å²) < 4.78 is 4.29. The number of hydrogen-bond donors (Lipinski definition) is 0. The van der Waals surface area contributed by atoms with Gasteiger partial charge in [-0.05, 0) is 80.7 Å². The molecular weight excluding hydrogens is 456 g/mol. The predicted molar refractivity (Wildman–Crippen MR) is 149 cm³/mol. The molecule has 1 saturated heterocycles. The van der Waals surface area contributed by atoms with Crippen LogP contribution in [-0.2, 0) is 13.6 Å². The molecule has 0 saturated carbocycles. The molecule has 0 N–H and O–H groups in total. The second-order valence-electron chi connectivity index (χ2n) is 10.3. The summed E-state index contributed by atoms with van der Waals surface area (Å²) in [5, 5.41) is 16.0. The average molecular weight is 489 g/mol. The second kappa shape index (κ2) is 9.84. The summed E-state index contributed by atoms with van der Waals surface area (Å²) in [6.07, 6.45) is 9.90.